The van der Waals surface area contributed by atoms with E-state index in [1.807, 2.05) is 49.5 Å². The van der Waals surface area contributed by atoms with Gasteiger partial charge in [-0.1, -0.05) is 44.2 Å². The molecule has 1 aromatic carbocycles. The highest BCUT2D eigenvalue weighted by Gasteiger charge is 2.16. The van der Waals surface area contributed by atoms with Gasteiger partial charge in [-0.3, -0.25) is 4.98 Å². The van der Waals surface area contributed by atoms with Gasteiger partial charge in [-0.2, -0.15) is 14.9 Å². The number of benzene rings is 1. The van der Waals surface area contributed by atoms with Crippen molar-refractivity contribution >= 4 is 12.1 Å². The molecule has 0 bridgehead atoms. The molecule has 0 unspecified atom stereocenters. The second-order valence-corrected chi connectivity index (χ2v) is 8.74. The highest BCUT2D eigenvalue weighted by atomic mass is 16.2. The highest BCUT2D eigenvalue weighted by Crippen LogP contribution is 2.27. The van der Waals surface area contributed by atoms with Crippen molar-refractivity contribution in [2.45, 2.75) is 39.7 Å². The van der Waals surface area contributed by atoms with E-state index >= 15 is 0 Å². The average Bonchev–Trinajstić information content (AvgIpc) is 3.27. The summed E-state index contributed by atoms with van der Waals surface area (Å²) in [6.07, 6.45) is 2.07. The number of nitrogens with zero attached hydrogens (tertiary/aromatic N) is 7. The molecule has 0 spiro atoms. The van der Waals surface area contributed by atoms with Crippen LogP contribution in [0.15, 0.2) is 48.7 Å². The lowest BCUT2D eigenvalue weighted by Crippen LogP contribution is -2.15. The Kier molecular flexibility index (Phi) is 7.44. The number of rotatable bonds is 4. The van der Waals surface area contributed by atoms with Crippen LogP contribution < -0.4 is 5.73 Å². The standard InChI is InChI=1S/C24H24N8.CO2/c1-15-16(12-25)7-5-9-18(15)19-11-20(29-23(26)28-19)21-14-32(31-30-21)13-17-8-6-10-22(27-17)24(2,3)4;2-1-3/h5-11,14H,13H2,1-4H3,(H2,26,28,29);. The first-order valence-electron chi connectivity index (χ1n) is 10.7. The Hall–Kier alpha value is -4.74. The lowest BCUT2D eigenvalue weighted by atomic mass is 9.91. The van der Waals surface area contributed by atoms with Crippen LogP contribution >= 0.6 is 0 Å². The maximum atomic E-state index is 9.33. The molecule has 176 valence electrons. The van der Waals surface area contributed by atoms with Crippen molar-refractivity contribution in [1.29, 1.82) is 5.26 Å². The molecule has 3 heterocycles. The van der Waals surface area contributed by atoms with Crippen LogP contribution in [0.1, 0.15) is 43.3 Å². The molecule has 0 radical (unpaired) electrons. The second kappa shape index (κ2) is 10.5. The number of nitrogens with two attached hydrogens (primary N) is 1. The summed E-state index contributed by atoms with van der Waals surface area (Å²) >= 11 is 0. The monoisotopic (exact) mass is 468 g/mol. The molecule has 0 fully saturated rings. The molecule has 10 nitrogen and oxygen atoms in total. The summed E-state index contributed by atoms with van der Waals surface area (Å²) in [6, 6.07) is 15.5. The summed E-state index contributed by atoms with van der Waals surface area (Å²) in [5.74, 6) is 0.133. The fourth-order valence-electron chi connectivity index (χ4n) is 3.41. The van der Waals surface area contributed by atoms with Crippen molar-refractivity contribution in [3.05, 3.63) is 71.2 Å². The number of nitrogen functional groups attached to an aromatic ring is 1. The molecule has 35 heavy (non-hydrogen) atoms. The molecule has 3 aromatic heterocycles. The first-order valence-corrected chi connectivity index (χ1v) is 10.7. The maximum Gasteiger partial charge on any atom is 0.373 e. The zero-order chi connectivity index (χ0) is 25.6. The van der Waals surface area contributed by atoms with Gasteiger partial charge >= 0.3 is 6.15 Å². The van der Waals surface area contributed by atoms with E-state index in [0.717, 1.165) is 22.5 Å². The van der Waals surface area contributed by atoms with Gasteiger partial charge < -0.3 is 5.73 Å². The van der Waals surface area contributed by atoms with E-state index in [1.54, 1.807) is 10.7 Å². The summed E-state index contributed by atoms with van der Waals surface area (Å²) in [6.45, 7) is 8.79. The van der Waals surface area contributed by atoms with Crippen molar-refractivity contribution in [3.8, 4) is 28.7 Å². The molecule has 4 aromatic rings. The number of pyridine rings is 1. The minimum absolute atomic E-state index is 0.0284. The van der Waals surface area contributed by atoms with Gasteiger partial charge in [-0.25, -0.2) is 14.6 Å². The molecule has 0 saturated heterocycles. The molecule has 0 aliphatic carbocycles. The van der Waals surface area contributed by atoms with Gasteiger partial charge in [0.1, 0.15) is 5.69 Å². The molecule has 2 N–H and O–H groups in total. The topological polar surface area (TPSA) is 153 Å². The average molecular weight is 469 g/mol. The van der Waals surface area contributed by atoms with Crippen molar-refractivity contribution < 1.29 is 9.59 Å². The lowest BCUT2D eigenvalue weighted by Gasteiger charge is -2.18. The minimum Gasteiger partial charge on any atom is -0.368 e. The summed E-state index contributed by atoms with van der Waals surface area (Å²) in [5.41, 5.74) is 11.9. The zero-order valence-electron chi connectivity index (χ0n) is 19.9. The Morgan fingerprint density at radius 2 is 1.69 bits per heavy atom. The van der Waals surface area contributed by atoms with Crippen LogP contribution in [0.3, 0.4) is 0 Å². The number of nitriles is 1. The van der Waals surface area contributed by atoms with E-state index in [1.165, 1.54) is 0 Å². The summed E-state index contributed by atoms with van der Waals surface area (Å²) in [4.78, 5) is 29.7. The van der Waals surface area contributed by atoms with Crippen molar-refractivity contribution in [2.24, 2.45) is 0 Å². The Balaban J connectivity index is 0.00000108. The van der Waals surface area contributed by atoms with E-state index in [0.29, 0.717) is 29.2 Å². The quantitative estimate of drug-likeness (QED) is 0.475. The number of anilines is 1. The Morgan fingerprint density at radius 3 is 2.37 bits per heavy atom. The van der Waals surface area contributed by atoms with Crippen LogP contribution in [-0.2, 0) is 21.5 Å². The molecular formula is C25H24N8O2. The molecule has 0 aliphatic heterocycles. The van der Waals surface area contributed by atoms with Gasteiger partial charge in [0.25, 0.3) is 0 Å². The van der Waals surface area contributed by atoms with Gasteiger partial charge in [-0.15, -0.1) is 5.10 Å². The number of aromatic nitrogens is 6. The molecular weight excluding hydrogens is 444 g/mol. The van der Waals surface area contributed by atoms with E-state index in [9.17, 15) is 5.26 Å². The number of hydrogen-bond acceptors (Lipinski definition) is 9. The van der Waals surface area contributed by atoms with Gasteiger partial charge in [0.05, 0.1) is 41.5 Å². The largest absolute Gasteiger partial charge is 0.373 e. The normalized spacial score (nSPS) is 10.6. The van der Waals surface area contributed by atoms with Gasteiger partial charge in [0, 0.05) is 16.7 Å². The van der Waals surface area contributed by atoms with Gasteiger partial charge in [-0.05, 0) is 36.8 Å². The third kappa shape index (κ3) is 5.99. The van der Waals surface area contributed by atoms with Crippen LogP contribution in [0.5, 0.6) is 0 Å². The van der Waals surface area contributed by atoms with E-state index in [4.69, 9.17) is 20.3 Å². The fraction of sp³-hybridized carbons (Fsp3) is 0.240. The first kappa shape index (κ1) is 24.9. The van der Waals surface area contributed by atoms with Crippen molar-refractivity contribution in [1.82, 2.24) is 29.9 Å². The summed E-state index contributed by atoms with van der Waals surface area (Å²) < 4.78 is 1.73. The van der Waals surface area contributed by atoms with E-state index in [-0.39, 0.29) is 17.5 Å². The molecule has 0 aliphatic rings. The number of hydrogen-bond donors (Lipinski definition) is 1. The molecule has 0 amide bonds. The minimum atomic E-state index is -0.0284. The third-order valence-corrected chi connectivity index (χ3v) is 5.17. The Morgan fingerprint density at radius 1 is 1.00 bits per heavy atom. The van der Waals surface area contributed by atoms with E-state index < -0.39 is 0 Å². The van der Waals surface area contributed by atoms with Crippen LogP contribution in [0.25, 0.3) is 22.6 Å². The first-order chi connectivity index (χ1) is 16.7. The molecule has 10 heteroatoms. The predicted molar refractivity (Wildman–Crippen MR) is 127 cm³/mol. The Labute approximate surface area is 202 Å². The maximum absolute atomic E-state index is 9.33. The molecule has 4 rings (SSSR count). The SMILES string of the molecule is Cc1c(C#N)cccc1-c1cc(-c2cn(Cc3cccc(C(C)(C)C)n3)nn2)nc(N)n1.O=C=O. The fourth-order valence-corrected chi connectivity index (χ4v) is 3.41. The Bertz CT molecular complexity index is 1420. The van der Waals surface area contributed by atoms with Crippen molar-refractivity contribution in [2.75, 3.05) is 5.73 Å². The molecule has 0 atom stereocenters. The van der Waals surface area contributed by atoms with Crippen LogP contribution in [0, 0.1) is 18.3 Å². The van der Waals surface area contributed by atoms with Crippen LogP contribution in [-0.4, -0.2) is 36.1 Å². The lowest BCUT2D eigenvalue weighted by molar-refractivity contribution is -0.191. The second-order valence-electron chi connectivity index (χ2n) is 8.74. The molecule has 0 saturated carbocycles. The smallest absolute Gasteiger partial charge is 0.368 e. The highest BCUT2D eigenvalue weighted by molar-refractivity contribution is 5.71. The van der Waals surface area contributed by atoms with Crippen LogP contribution in [0.2, 0.25) is 0 Å². The van der Waals surface area contributed by atoms with Crippen LogP contribution in [0.4, 0.5) is 5.95 Å². The van der Waals surface area contributed by atoms with E-state index in [2.05, 4.69) is 47.1 Å². The van der Waals surface area contributed by atoms with Gasteiger partial charge in [0.2, 0.25) is 5.95 Å². The van der Waals surface area contributed by atoms with Crippen molar-refractivity contribution in [3.63, 3.8) is 0 Å². The number of carbonyl (C=O) groups excluding carboxylic acids is 2. The summed E-state index contributed by atoms with van der Waals surface area (Å²) in [7, 11) is 0. The van der Waals surface area contributed by atoms with Gasteiger partial charge in [0.15, 0.2) is 0 Å². The zero-order valence-corrected chi connectivity index (χ0v) is 19.9. The third-order valence-electron chi connectivity index (χ3n) is 5.17. The summed E-state index contributed by atoms with van der Waals surface area (Å²) in [5, 5.41) is 17.8. The predicted octanol–water partition coefficient (Wildman–Crippen LogP) is 3.32.